The molecule has 4 rings (SSSR count). The number of rotatable bonds is 6. The van der Waals surface area contributed by atoms with E-state index in [1.807, 2.05) is 0 Å². The van der Waals surface area contributed by atoms with Crippen LogP contribution >= 0.6 is 11.8 Å². The van der Waals surface area contributed by atoms with Gasteiger partial charge in [0.05, 0.1) is 24.7 Å². The van der Waals surface area contributed by atoms with Crippen LogP contribution in [-0.2, 0) is 19.1 Å². The number of nitrogens with one attached hydrogen (secondary N) is 2. The van der Waals surface area contributed by atoms with Crippen LogP contribution in [0.1, 0.15) is 20.3 Å². The Bertz CT molecular complexity index is 653. The SMILES string of the molecule is CCOC(=O)[C@H]1[C@@H]2[C@@H](Sc3ncn[nH]3)C[C@]3(C(=O)OCC)N[C@]213. The van der Waals surface area contributed by atoms with Crippen LogP contribution in [0, 0.1) is 11.8 Å². The molecule has 8 nitrogen and oxygen atoms in total. The number of nitrogens with zero attached hydrogens (tertiary/aromatic N) is 2. The molecular formula is C14H18N4O4S. The number of piperidine rings is 1. The van der Waals surface area contributed by atoms with Crippen molar-refractivity contribution in [3.8, 4) is 0 Å². The van der Waals surface area contributed by atoms with Crippen LogP contribution < -0.4 is 5.32 Å². The van der Waals surface area contributed by atoms with E-state index in [0.717, 1.165) is 0 Å². The molecular weight excluding hydrogens is 320 g/mol. The van der Waals surface area contributed by atoms with Gasteiger partial charge in [-0.3, -0.25) is 15.2 Å². The largest absolute Gasteiger partial charge is 0.466 e. The predicted molar refractivity (Wildman–Crippen MR) is 79.5 cm³/mol. The molecule has 2 heterocycles. The first-order valence-electron chi connectivity index (χ1n) is 7.76. The molecule has 3 aliphatic rings. The van der Waals surface area contributed by atoms with Crippen LogP contribution in [0.25, 0.3) is 0 Å². The Labute approximate surface area is 137 Å². The summed E-state index contributed by atoms with van der Waals surface area (Å²) < 4.78 is 10.4. The molecule has 1 aromatic rings. The highest BCUT2D eigenvalue weighted by molar-refractivity contribution is 7.99. The molecule has 0 amide bonds. The number of aromatic amines is 1. The van der Waals surface area contributed by atoms with Gasteiger partial charge in [-0.05, 0) is 20.3 Å². The van der Waals surface area contributed by atoms with Gasteiger partial charge in [0.2, 0.25) is 0 Å². The number of ether oxygens (including phenoxy) is 2. The quantitative estimate of drug-likeness (QED) is 0.555. The minimum Gasteiger partial charge on any atom is -0.466 e. The van der Waals surface area contributed by atoms with Crippen LogP contribution in [-0.4, -0.2) is 56.7 Å². The van der Waals surface area contributed by atoms with E-state index in [4.69, 9.17) is 9.47 Å². The summed E-state index contributed by atoms with van der Waals surface area (Å²) in [7, 11) is 0. The van der Waals surface area contributed by atoms with Crippen molar-refractivity contribution in [2.24, 2.45) is 11.8 Å². The van der Waals surface area contributed by atoms with E-state index in [-0.39, 0.29) is 29.0 Å². The van der Waals surface area contributed by atoms with Crippen molar-refractivity contribution < 1.29 is 19.1 Å². The zero-order valence-corrected chi connectivity index (χ0v) is 13.7. The third-order valence-corrected chi connectivity index (χ3v) is 6.24. The first-order chi connectivity index (χ1) is 11.1. The number of thioether (sulfide) groups is 1. The zero-order chi connectivity index (χ0) is 16.2. The van der Waals surface area contributed by atoms with Gasteiger partial charge in [-0.25, -0.2) is 9.78 Å². The molecule has 2 aliphatic carbocycles. The van der Waals surface area contributed by atoms with E-state index in [1.165, 1.54) is 18.1 Å². The highest BCUT2D eigenvalue weighted by Crippen LogP contribution is 2.77. The lowest BCUT2D eigenvalue weighted by molar-refractivity contribution is -0.147. The molecule has 0 bridgehead atoms. The summed E-state index contributed by atoms with van der Waals surface area (Å²) in [5, 5.41) is 10.7. The van der Waals surface area contributed by atoms with Crippen molar-refractivity contribution in [3.05, 3.63) is 6.33 Å². The summed E-state index contributed by atoms with van der Waals surface area (Å²) >= 11 is 1.53. The van der Waals surface area contributed by atoms with E-state index < -0.39 is 11.1 Å². The molecule has 1 aromatic heterocycles. The summed E-state index contributed by atoms with van der Waals surface area (Å²) in [5.41, 5.74) is -1.23. The van der Waals surface area contributed by atoms with Gasteiger partial charge in [-0.15, -0.1) is 0 Å². The number of carbonyl (C=O) groups excluding carboxylic acids is 2. The predicted octanol–water partition coefficient (Wildman–Crippen LogP) is 0.122. The second-order valence-electron chi connectivity index (χ2n) is 6.03. The van der Waals surface area contributed by atoms with Crippen molar-refractivity contribution in [2.45, 2.75) is 41.8 Å². The van der Waals surface area contributed by atoms with Crippen molar-refractivity contribution >= 4 is 23.7 Å². The summed E-state index contributed by atoms with van der Waals surface area (Å²) in [6, 6.07) is 0. The molecule has 0 radical (unpaired) electrons. The van der Waals surface area contributed by atoms with Gasteiger partial charge in [-0.1, -0.05) is 11.8 Å². The smallest absolute Gasteiger partial charge is 0.328 e. The van der Waals surface area contributed by atoms with Gasteiger partial charge < -0.3 is 9.47 Å². The second kappa shape index (κ2) is 4.94. The Kier molecular flexibility index (Phi) is 3.21. The summed E-state index contributed by atoms with van der Waals surface area (Å²) in [6.07, 6.45) is 2.07. The van der Waals surface area contributed by atoms with Crippen LogP contribution in [0.4, 0.5) is 0 Å². The van der Waals surface area contributed by atoms with E-state index in [9.17, 15) is 9.59 Å². The Hall–Kier alpha value is -1.61. The number of carbonyl (C=O) groups is 2. The molecule has 3 fully saturated rings. The van der Waals surface area contributed by atoms with E-state index in [2.05, 4.69) is 20.5 Å². The molecule has 0 aromatic carbocycles. The lowest BCUT2D eigenvalue weighted by Crippen LogP contribution is -2.34. The minimum atomic E-state index is -0.747. The second-order valence-corrected chi connectivity index (χ2v) is 7.25. The van der Waals surface area contributed by atoms with Crippen molar-refractivity contribution in [2.75, 3.05) is 13.2 Å². The van der Waals surface area contributed by atoms with Gasteiger partial charge in [0.1, 0.15) is 11.9 Å². The molecule has 1 aliphatic heterocycles. The number of aromatic nitrogens is 3. The number of hydrogen-bond acceptors (Lipinski definition) is 8. The molecule has 2 saturated carbocycles. The maximum Gasteiger partial charge on any atom is 0.328 e. The van der Waals surface area contributed by atoms with E-state index >= 15 is 0 Å². The maximum atomic E-state index is 12.4. The highest BCUT2D eigenvalue weighted by atomic mass is 32.2. The average Bonchev–Trinajstić information content (AvgIpc) is 3.24. The fourth-order valence-electron chi connectivity index (χ4n) is 4.24. The molecule has 124 valence electrons. The fourth-order valence-corrected chi connectivity index (χ4v) is 5.59. The lowest BCUT2D eigenvalue weighted by atomic mass is 9.99. The van der Waals surface area contributed by atoms with E-state index in [1.54, 1.807) is 13.8 Å². The Morgan fingerprint density at radius 2 is 2.17 bits per heavy atom. The lowest BCUT2D eigenvalue weighted by Gasteiger charge is -2.17. The first-order valence-corrected chi connectivity index (χ1v) is 8.64. The van der Waals surface area contributed by atoms with Gasteiger partial charge in [0, 0.05) is 11.2 Å². The average molecular weight is 338 g/mol. The Balaban J connectivity index is 1.58. The van der Waals surface area contributed by atoms with Crippen LogP contribution in [0.3, 0.4) is 0 Å². The minimum absolute atomic E-state index is 0.0565. The Morgan fingerprint density at radius 1 is 1.39 bits per heavy atom. The summed E-state index contributed by atoms with van der Waals surface area (Å²) in [4.78, 5) is 28.8. The third-order valence-electron chi connectivity index (χ3n) is 5.06. The standard InChI is InChI=1S/C14H18N4O4S/c1-3-21-10(19)9-8-7(23-12-15-6-16-17-12)5-13(11(20)22-4-2)14(8,9)18-13/h6-9,18H,3-5H2,1-2H3,(H,15,16,17)/t7-,8-,9+,13+,14+/m0/s1. The van der Waals surface area contributed by atoms with Gasteiger partial charge in [-0.2, -0.15) is 5.10 Å². The molecule has 2 N–H and O–H groups in total. The van der Waals surface area contributed by atoms with Gasteiger partial charge in [0.15, 0.2) is 5.16 Å². The van der Waals surface area contributed by atoms with Gasteiger partial charge >= 0.3 is 11.9 Å². The molecule has 9 heteroatoms. The topological polar surface area (TPSA) is 116 Å². The molecule has 23 heavy (non-hydrogen) atoms. The monoisotopic (exact) mass is 338 g/mol. The first kappa shape index (κ1) is 14.9. The molecule has 1 saturated heterocycles. The molecule has 1 spiro atoms. The van der Waals surface area contributed by atoms with E-state index in [0.29, 0.717) is 24.8 Å². The van der Waals surface area contributed by atoms with Gasteiger partial charge in [0.25, 0.3) is 0 Å². The van der Waals surface area contributed by atoms with Crippen LogP contribution in [0.5, 0.6) is 0 Å². The Morgan fingerprint density at radius 3 is 2.83 bits per heavy atom. The summed E-state index contributed by atoms with van der Waals surface area (Å²) in [5.74, 6) is -0.737. The van der Waals surface area contributed by atoms with Crippen LogP contribution in [0.2, 0.25) is 0 Å². The van der Waals surface area contributed by atoms with Crippen LogP contribution in [0.15, 0.2) is 11.5 Å². The fraction of sp³-hybridized carbons (Fsp3) is 0.714. The van der Waals surface area contributed by atoms with Crippen molar-refractivity contribution in [1.29, 1.82) is 0 Å². The third kappa shape index (κ3) is 1.83. The van der Waals surface area contributed by atoms with Crippen molar-refractivity contribution in [1.82, 2.24) is 20.5 Å². The number of hydrogen-bond donors (Lipinski definition) is 2. The molecule has 0 unspecified atom stereocenters. The van der Waals surface area contributed by atoms with Crippen molar-refractivity contribution in [3.63, 3.8) is 0 Å². The zero-order valence-electron chi connectivity index (χ0n) is 12.9. The number of H-pyrrole nitrogens is 1. The highest BCUT2D eigenvalue weighted by Gasteiger charge is 2.96. The number of esters is 2. The maximum absolute atomic E-state index is 12.4. The molecule has 5 atom stereocenters. The normalized spacial score (nSPS) is 39.3. The summed E-state index contributed by atoms with van der Waals surface area (Å²) in [6.45, 7) is 4.23.